The van der Waals surface area contributed by atoms with Crippen LogP contribution in [-0.2, 0) is 11.3 Å². The van der Waals surface area contributed by atoms with Crippen LogP contribution in [-0.4, -0.2) is 46.3 Å². The van der Waals surface area contributed by atoms with Crippen molar-refractivity contribution in [3.63, 3.8) is 0 Å². The molecule has 1 aliphatic heterocycles. The van der Waals surface area contributed by atoms with Gasteiger partial charge in [0.25, 0.3) is 0 Å². The van der Waals surface area contributed by atoms with Gasteiger partial charge in [-0.15, -0.1) is 0 Å². The molecule has 0 spiro atoms. The highest BCUT2D eigenvalue weighted by atomic mass is 16.2. The number of benzene rings is 1. The van der Waals surface area contributed by atoms with Gasteiger partial charge in [-0.1, -0.05) is 18.2 Å². The summed E-state index contributed by atoms with van der Waals surface area (Å²) in [4.78, 5) is 25.6. The largest absolute Gasteiger partial charge is 0.358 e. The topological polar surface area (TPSA) is 53.7 Å². The fourth-order valence-electron chi connectivity index (χ4n) is 3.56. The molecular formula is C22H29N5O. The lowest BCUT2D eigenvalue weighted by Gasteiger charge is -2.27. The van der Waals surface area contributed by atoms with Crippen molar-refractivity contribution in [2.24, 2.45) is 4.99 Å². The Labute approximate surface area is 167 Å². The molecule has 2 heterocycles. The van der Waals surface area contributed by atoms with Crippen LogP contribution in [0.2, 0.25) is 0 Å². The molecule has 1 amide bonds. The van der Waals surface area contributed by atoms with Crippen molar-refractivity contribution in [3.8, 4) is 0 Å². The summed E-state index contributed by atoms with van der Waals surface area (Å²) in [6, 6.07) is 6.20. The van der Waals surface area contributed by atoms with Crippen molar-refractivity contribution in [2.75, 3.05) is 24.7 Å². The van der Waals surface area contributed by atoms with Gasteiger partial charge in [0.15, 0.2) is 0 Å². The van der Waals surface area contributed by atoms with E-state index in [1.165, 1.54) is 0 Å². The van der Waals surface area contributed by atoms with Gasteiger partial charge in [0, 0.05) is 56.6 Å². The van der Waals surface area contributed by atoms with Gasteiger partial charge in [-0.25, -0.2) is 4.98 Å². The predicted octanol–water partition coefficient (Wildman–Crippen LogP) is 3.56. The maximum Gasteiger partial charge on any atom is 0.227 e. The number of nitrogens with zero attached hydrogens (tertiary/aromatic N) is 5. The molecule has 6 heteroatoms. The van der Waals surface area contributed by atoms with Crippen molar-refractivity contribution in [2.45, 2.75) is 39.7 Å². The number of imidazole rings is 1. The minimum atomic E-state index is 0.188. The predicted molar refractivity (Wildman–Crippen MR) is 114 cm³/mol. The van der Waals surface area contributed by atoms with Crippen molar-refractivity contribution in [1.82, 2.24) is 14.5 Å². The molecule has 6 nitrogen and oxygen atoms in total. The van der Waals surface area contributed by atoms with E-state index >= 15 is 0 Å². The second-order valence-electron chi connectivity index (χ2n) is 7.17. The number of aryl methyl sites for hydroxylation is 3. The number of hydrogen-bond donors (Lipinski definition) is 0. The van der Waals surface area contributed by atoms with Crippen LogP contribution < -0.4 is 4.90 Å². The zero-order valence-electron chi connectivity index (χ0n) is 16.8. The molecular weight excluding hydrogens is 350 g/mol. The maximum absolute atomic E-state index is 13.1. The second kappa shape index (κ2) is 9.88. The number of rotatable bonds is 9. The van der Waals surface area contributed by atoms with E-state index in [0.29, 0.717) is 19.6 Å². The SMILES string of the molecule is Cc1cccc(C)c1N(CCCn1ccnc1)C(=O)CCCN1C=CC=NC1. The molecule has 2 aromatic rings. The Kier molecular flexibility index (Phi) is 7.00. The summed E-state index contributed by atoms with van der Waals surface area (Å²) >= 11 is 0. The maximum atomic E-state index is 13.1. The van der Waals surface area contributed by atoms with Crippen molar-refractivity contribution in [3.05, 3.63) is 60.3 Å². The molecule has 0 saturated heterocycles. The number of aromatic nitrogens is 2. The monoisotopic (exact) mass is 379 g/mol. The van der Waals surface area contributed by atoms with Gasteiger partial charge in [-0.3, -0.25) is 9.79 Å². The molecule has 148 valence electrons. The first-order chi connectivity index (χ1) is 13.6. The Morgan fingerprint density at radius 1 is 1.18 bits per heavy atom. The third-order valence-electron chi connectivity index (χ3n) is 4.96. The first-order valence-electron chi connectivity index (χ1n) is 9.88. The number of amides is 1. The second-order valence-corrected chi connectivity index (χ2v) is 7.17. The van der Waals surface area contributed by atoms with Gasteiger partial charge < -0.3 is 14.4 Å². The lowest BCUT2D eigenvalue weighted by atomic mass is 10.1. The summed E-state index contributed by atoms with van der Waals surface area (Å²) < 4.78 is 2.05. The minimum Gasteiger partial charge on any atom is -0.358 e. The molecule has 0 aliphatic carbocycles. The quantitative estimate of drug-likeness (QED) is 0.669. The summed E-state index contributed by atoms with van der Waals surface area (Å²) in [5.41, 5.74) is 3.34. The zero-order chi connectivity index (χ0) is 19.8. The number of carbonyl (C=O) groups excluding carboxylic acids is 1. The van der Waals surface area contributed by atoms with E-state index in [2.05, 4.69) is 45.4 Å². The molecule has 0 fully saturated rings. The lowest BCUT2D eigenvalue weighted by Crippen LogP contribution is -2.34. The van der Waals surface area contributed by atoms with Gasteiger partial charge in [0.05, 0.1) is 6.33 Å². The number of allylic oxidation sites excluding steroid dienone is 1. The Morgan fingerprint density at radius 3 is 2.68 bits per heavy atom. The van der Waals surface area contributed by atoms with Gasteiger partial charge in [-0.2, -0.15) is 0 Å². The van der Waals surface area contributed by atoms with Crippen LogP contribution in [0.25, 0.3) is 0 Å². The van der Waals surface area contributed by atoms with Gasteiger partial charge >= 0.3 is 0 Å². The van der Waals surface area contributed by atoms with Crippen LogP contribution in [0.3, 0.4) is 0 Å². The summed E-state index contributed by atoms with van der Waals surface area (Å²) in [6.07, 6.45) is 13.6. The van der Waals surface area contributed by atoms with Crippen LogP contribution in [0.4, 0.5) is 5.69 Å². The van der Waals surface area contributed by atoms with Gasteiger partial charge in [-0.05, 0) is 43.9 Å². The highest BCUT2D eigenvalue weighted by molar-refractivity contribution is 5.94. The van der Waals surface area contributed by atoms with E-state index in [1.54, 1.807) is 6.20 Å². The number of carbonyl (C=O) groups is 1. The average Bonchev–Trinajstić information content (AvgIpc) is 3.21. The third-order valence-corrected chi connectivity index (χ3v) is 4.96. The lowest BCUT2D eigenvalue weighted by molar-refractivity contribution is -0.118. The van der Waals surface area contributed by atoms with Crippen molar-refractivity contribution < 1.29 is 4.79 Å². The van der Waals surface area contributed by atoms with Crippen LogP contribution in [0.15, 0.2) is 54.2 Å². The fraction of sp³-hybridized carbons (Fsp3) is 0.409. The Morgan fingerprint density at radius 2 is 2.00 bits per heavy atom. The number of anilines is 1. The van der Waals surface area contributed by atoms with E-state index in [1.807, 2.05) is 42.0 Å². The molecule has 3 rings (SSSR count). The summed E-state index contributed by atoms with van der Waals surface area (Å²) in [6.45, 7) is 7.23. The number of hydrogen-bond acceptors (Lipinski definition) is 4. The molecule has 0 N–H and O–H groups in total. The van der Waals surface area contributed by atoms with E-state index in [0.717, 1.165) is 42.7 Å². The summed E-state index contributed by atoms with van der Waals surface area (Å²) in [5.74, 6) is 0.188. The van der Waals surface area contributed by atoms with Gasteiger partial charge in [0.2, 0.25) is 5.91 Å². The standard InChI is InChI=1S/C22H29N5O/c1-19-7-3-8-20(2)22(19)27(15-6-14-26-16-11-24-18-26)21(28)9-4-12-25-13-5-10-23-17-25/h3,5,7-8,10-11,13,16,18H,4,6,9,12,14-15,17H2,1-2H3. The molecule has 1 aromatic carbocycles. The van der Waals surface area contributed by atoms with E-state index < -0.39 is 0 Å². The van der Waals surface area contributed by atoms with Crippen LogP contribution in [0.1, 0.15) is 30.4 Å². The van der Waals surface area contributed by atoms with E-state index in [-0.39, 0.29) is 5.91 Å². The first-order valence-corrected chi connectivity index (χ1v) is 9.88. The molecule has 1 aromatic heterocycles. The van der Waals surface area contributed by atoms with Gasteiger partial charge in [0.1, 0.15) is 6.67 Å². The number of aliphatic imine (C=N–C) groups is 1. The van der Waals surface area contributed by atoms with E-state index in [4.69, 9.17) is 0 Å². The van der Waals surface area contributed by atoms with Crippen molar-refractivity contribution in [1.29, 1.82) is 0 Å². The first kappa shape index (κ1) is 19.9. The van der Waals surface area contributed by atoms with E-state index in [9.17, 15) is 4.79 Å². The van der Waals surface area contributed by atoms with Crippen LogP contribution in [0, 0.1) is 13.8 Å². The molecule has 0 unspecified atom stereocenters. The molecule has 0 atom stereocenters. The summed E-state index contributed by atoms with van der Waals surface area (Å²) in [7, 11) is 0. The highest BCUT2D eigenvalue weighted by Crippen LogP contribution is 2.26. The summed E-state index contributed by atoms with van der Waals surface area (Å²) in [5, 5.41) is 0. The Hall–Kier alpha value is -2.89. The zero-order valence-corrected chi connectivity index (χ0v) is 16.8. The minimum absolute atomic E-state index is 0.188. The highest BCUT2D eigenvalue weighted by Gasteiger charge is 2.19. The average molecular weight is 380 g/mol. The Balaban J connectivity index is 1.63. The Bertz CT molecular complexity index is 805. The van der Waals surface area contributed by atoms with Crippen LogP contribution in [0.5, 0.6) is 0 Å². The number of para-hydroxylation sites is 1. The third kappa shape index (κ3) is 5.31. The normalized spacial score (nSPS) is 13.1. The van der Waals surface area contributed by atoms with Crippen molar-refractivity contribution >= 4 is 17.8 Å². The molecule has 0 saturated carbocycles. The molecule has 28 heavy (non-hydrogen) atoms. The smallest absolute Gasteiger partial charge is 0.227 e. The molecule has 0 bridgehead atoms. The molecule has 1 aliphatic rings. The fourth-order valence-corrected chi connectivity index (χ4v) is 3.56. The van der Waals surface area contributed by atoms with Crippen LogP contribution >= 0.6 is 0 Å². The molecule has 0 radical (unpaired) electrons.